The quantitative estimate of drug-likeness (QED) is 0.621. The van der Waals surface area contributed by atoms with Gasteiger partial charge in [-0.1, -0.05) is 25.7 Å². The summed E-state index contributed by atoms with van der Waals surface area (Å²) in [4.78, 5) is 12.4. The number of Topliss-reactive ketones (excluding diaryl/α,β-unsaturated/α-hetero) is 1. The molecule has 2 unspecified atom stereocenters. The number of hydrogen-bond acceptors (Lipinski definition) is 1. The van der Waals surface area contributed by atoms with Crippen molar-refractivity contribution in [2.45, 2.75) is 38.9 Å². The van der Waals surface area contributed by atoms with Crippen LogP contribution in [0.25, 0.3) is 0 Å². The molecule has 0 aromatic heterocycles. The lowest BCUT2D eigenvalue weighted by atomic mass is 9.81. The zero-order valence-corrected chi connectivity index (χ0v) is 10.9. The molecule has 0 saturated heterocycles. The van der Waals surface area contributed by atoms with Gasteiger partial charge in [-0.2, -0.15) is 0 Å². The summed E-state index contributed by atoms with van der Waals surface area (Å²) in [6.45, 7) is 6.92. The molecule has 0 heterocycles. The summed E-state index contributed by atoms with van der Waals surface area (Å²) in [6, 6.07) is 0. The van der Waals surface area contributed by atoms with Gasteiger partial charge in [0.05, 0.1) is 8.07 Å². The van der Waals surface area contributed by atoms with E-state index in [9.17, 15) is 4.79 Å². The first-order valence-electron chi connectivity index (χ1n) is 6.25. The molecule has 3 aliphatic carbocycles. The van der Waals surface area contributed by atoms with Crippen LogP contribution in [0.2, 0.25) is 19.6 Å². The van der Waals surface area contributed by atoms with Gasteiger partial charge in [0.2, 0.25) is 0 Å². The van der Waals surface area contributed by atoms with Gasteiger partial charge in [0, 0.05) is 5.92 Å². The van der Waals surface area contributed by atoms with Crippen molar-refractivity contribution in [1.82, 2.24) is 0 Å². The van der Waals surface area contributed by atoms with Crippen molar-refractivity contribution in [3.05, 3.63) is 11.3 Å². The first-order chi connectivity index (χ1) is 6.98. The molecule has 82 valence electrons. The van der Waals surface area contributed by atoms with Gasteiger partial charge in [0.15, 0.2) is 5.78 Å². The van der Waals surface area contributed by atoms with Crippen LogP contribution < -0.4 is 0 Å². The Morgan fingerprint density at radius 2 is 1.87 bits per heavy atom. The number of ketones is 1. The van der Waals surface area contributed by atoms with Gasteiger partial charge in [-0.3, -0.25) is 4.79 Å². The van der Waals surface area contributed by atoms with E-state index in [1.807, 2.05) is 0 Å². The summed E-state index contributed by atoms with van der Waals surface area (Å²) in [7, 11) is -1.37. The third-order valence-corrected chi connectivity index (χ3v) is 6.75. The number of carbonyl (C=O) groups excluding carboxylic acids is 1. The molecule has 0 amide bonds. The van der Waals surface area contributed by atoms with Crippen molar-refractivity contribution in [1.29, 1.82) is 0 Å². The molecule has 2 saturated carbocycles. The molecule has 2 fully saturated rings. The van der Waals surface area contributed by atoms with Gasteiger partial charge in [0.1, 0.15) is 0 Å². The zero-order chi connectivity index (χ0) is 10.8. The van der Waals surface area contributed by atoms with Gasteiger partial charge < -0.3 is 0 Å². The Morgan fingerprint density at radius 1 is 1.20 bits per heavy atom. The molecule has 0 aromatic rings. The van der Waals surface area contributed by atoms with E-state index in [-0.39, 0.29) is 0 Å². The van der Waals surface area contributed by atoms with Gasteiger partial charge in [0.25, 0.3) is 0 Å². The van der Waals surface area contributed by atoms with Crippen molar-refractivity contribution in [2.24, 2.45) is 23.7 Å². The van der Waals surface area contributed by atoms with E-state index in [0.717, 1.165) is 11.8 Å². The van der Waals surface area contributed by atoms with Crippen LogP contribution in [0.1, 0.15) is 19.3 Å². The number of hydrogen-bond donors (Lipinski definition) is 0. The molecule has 0 spiro atoms. The molecule has 0 aliphatic heterocycles. The minimum atomic E-state index is -1.37. The van der Waals surface area contributed by atoms with Crippen LogP contribution in [0.5, 0.6) is 0 Å². The van der Waals surface area contributed by atoms with Crippen molar-refractivity contribution in [3.63, 3.8) is 0 Å². The van der Waals surface area contributed by atoms with Crippen LogP contribution in [-0.4, -0.2) is 13.9 Å². The van der Waals surface area contributed by atoms with E-state index in [4.69, 9.17) is 0 Å². The molecule has 1 nitrogen and oxygen atoms in total. The lowest BCUT2D eigenvalue weighted by molar-refractivity contribution is -0.120. The molecular weight excluding hydrogens is 200 g/mol. The zero-order valence-electron chi connectivity index (χ0n) is 9.92. The number of carbonyl (C=O) groups is 1. The van der Waals surface area contributed by atoms with Gasteiger partial charge in [-0.15, -0.1) is 0 Å². The molecule has 2 bridgehead atoms. The molecule has 0 aromatic carbocycles. The fourth-order valence-electron chi connectivity index (χ4n) is 4.04. The topological polar surface area (TPSA) is 17.1 Å². The monoisotopic (exact) mass is 220 g/mol. The first kappa shape index (κ1) is 9.82. The van der Waals surface area contributed by atoms with Crippen LogP contribution >= 0.6 is 0 Å². The normalized spacial score (nSPS) is 43.4. The van der Waals surface area contributed by atoms with Crippen LogP contribution in [0.4, 0.5) is 0 Å². The van der Waals surface area contributed by atoms with E-state index < -0.39 is 8.07 Å². The molecule has 15 heavy (non-hydrogen) atoms. The average molecular weight is 220 g/mol. The van der Waals surface area contributed by atoms with Crippen molar-refractivity contribution >= 4 is 13.9 Å². The third-order valence-electron chi connectivity index (χ3n) is 4.72. The second-order valence-corrected chi connectivity index (χ2v) is 11.7. The Kier molecular flexibility index (Phi) is 1.86. The highest BCUT2D eigenvalue weighted by molar-refractivity contribution is 6.87. The SMILES string of the molecule is C[Si](C)(C)C1=CC2C(C1=O)[C@H]1CC[C@@H]2C1. The Morgan fingerprint density at radius 3 is 2.47 bits per heavy atom. The van der Waals surface area contributed by atoms with Crippen molar-refractivity contribution in [2.75, 3.05) is 0 Å². The smallest absolute Gasteiger partial charge is 0.158 e. The molecule has 0 radical (unpaired) electrons. The molecule has 4 atom stereocenters. The lowest BCUT2D eigenvalue weighted by Gasteiger charge is -2.23. The standard InChI is InChI=1S/C13H20OSi/c1-15(2,3)11-7-10-8-4-5-9(6-8)12(10)13(11)14/h7-10,12H,4-6H2,1-3H3/t8-,9+,10?,12?/m1/s1. The first-order valence-corrected chi connectivity index (χ1v) is 9.75. The van der Waals surface area contributed by atoms with Crippen LogP contribution in [0.15, 0.2) is 11.3 Å². The second kappa shape index (κ2) is 2.85. The fraction of sp³-hybridized carbons (Fsp3) is 0.769. The Balaban J connectivity index is 1.97. The Labute approximate surface area is 93.0 Å². The van der Waals surface area contributed by atoms with E-state index in [2.05, 4.69) is 25.7 Å². The highest BCUT2D eigenvalue weighted by atomic mass is 28.3. The molecular formula is C13H20OSi. The van der Waals surface area contributed by atoms with E-state index in [0.29, 0.717) is 17.6 Å². The number of rotatable bonds is 1. The predicted molar refractivity (Wildman–Crippen MR) is 64.2 cm³/mol. The Bertz CT molecular complexity index is 350. The van der Waals surface area contributed by atoms with Crippen molar-refractivity contribution < 1.29 is 4.79 Å². The predicted octanol–water partition coefficient (Wildman–Crippen LogP) is 3.04. The largest absolute Gasteiger partial charge is 0.295 e. The second-order valence-electron chi connectivity index (χ2n) is 6.63. The highest BCUT2D eigenvalue weighted by Gasteiger charge is 2.54. The average Bonchev–Trinajstić information content (AvgIpc) is 2.73. The maximum atomic E-state index is 12.4. The van der Waals surface area contributed by atoms with Crippen LogP contribution in [-0.2, 0) is 4.79 Å². The van der Waals surface area contributed by atoms with Crippen LogP contribution in [0.3, 0.4) is 0 Å². The molecule has 3 aliphatic rings. The number of fused-ring (bicyclic) bond motifs is 5. The summed E-state index contributed by atoms with van der Waals surface area (Å²) in [5.41, 5.74) is 0. The van der Waals surface area contributed by atoms with Gasteiger partial charge in [-0.25, -0.2) is 0 Å². The highest BCUT2D eigenvalue weighted by Crippen LogP contribution is 2.57. The lowest BCUT2D eigenvalue weighted by Crippen LogP contribution is -2.31. The summed E-state index contributed by atoms with van der Waals surface area (Å²) < 4.78 is 0. The minimum Gasteiger partial charge on any atom is -0.295 e. The summed E-state index contributed by atoms with van der Waals surface area (Å²) in [5, 5.41) is 1.26. The third kappa shape index (κ3) is 1.23. The van der Waals surface area contributed by atoms with E-state index in [1.54, 1.807) is 0 Å². The fourth-order valence-corrected chi connectivity index (χ4v) is 5.64. The summed E-state index contributed by atoms with van der Waals surface area (Å²) in [5.74, 6) is 3.23. The maximum absolute atomic E-state index is 12.4. The van der Waals surface area contributed by atoms with E-state index >= 15 is 0 Å². The van der Waals surface area contributed by atoms with Gasteiger partial charge >= 0.3 is 0 Å². The molecule has 3 rings (SSSR count). The minimum absolute atomic E-state index is 0.422. The summed E-state index contributed by atoms with van der Waals surface area (Å²) >= 11 is 0. The maximum Gasteiger partial charge on any atom is 0.158 e. The molecule has 0 N–H and O–H groups in total. The van der Waals surface area contributed by atoms with Crippen LogP contribution in [0, 0.1) is 23.7 Å². The van der Waals surface area contributed by atoms with E-state index in [1.165, 1.54) is 24.5 Å². The van der Waals surface area contributed by atoms with Gasteiger partial charge in [-0.05, 0) is 42.2 Å². The Hall–Kier alpha value is -0.373. The number of allylic oxidation sites excluding steroid dienone is 2. The molecule has 2 heteroatoms. The van der Waals surface area contributed by atoms with Crippen molar-refractivity contribution in [3.8, 4) is 0 Å². The summed E-state index contributed by atoms with van der Waals surface area (Å²) in [6.07, 6.45) is 6.44.